The van der Waals surface area contributed by atoms with Crippen molar-refractivity contribution in [2.24, 2.45) is 4.99 Å². The molecule has 0 fully saturated rings. The summed E-state index contributed by atoms with van der Waals surface area (Å²) in [6, 6.07) is 0. The Morgan fingerprint density at radius 1 is 1.33 bits per heavy atom. The lowest BCUT2D eigenvalue weighted by molar-refractivity contribution is 0.616. The Hall–Kier alpha value is -1.26. The van der Waals surface area contributed by atoms with Crippen LogP contribution in [0.4, 0.5) is 5.82 Å². The van der Waals surface area contributed by atoms with E-state index in [1.807, 2.05) is 14.2 Å². The van der Waals surface area contributed by atoms with Crippen molar-refractivity contribution in [2.75, 3.05) is 0 Å². The van der Waals surface area contributed by atoms with E-state index in [0.717, 1.165) is 35.7 Å². The maximum Gasteiger partial charge on any atom is 0.244 e. The Bertz CT molecular complexity index is 402. The van der Waals surface area contributed by atoms with Gasteiger partial charge in [0.15, 0.2) is 11.6 Å². The summed E-state index contributed by atoms with van der Waals surface area (Å²) in [6.07, 6.45) is 2.23. The Labute approximate surface area is 90.5 Å². The fraction of sp³-hybridized carbons (Fsp3) is 0.600. The minimum absolute atomic E-state index is 0.365. The van der Waals surface area contributed by atoms with Crippen molar-refractivity contribution in [3.05, 3.63) is 5.82 Å². The van der Waals surface area contributed by atoms with E-state index in [-0.39, 0.29) is 0 Å². The van der Waals surface area contributed by atoms with Crippen LogP contribution in [0, 0.1) is 0 Å². The van der Waals surface area contributed by atoms with Gasteiger partial charge in [-0.05, 0) is 19.0 Å². The maximum absolute atomic E-state index is 4.43. The first-order valence-corrected chi connectivity index (χ1v) is 5.35. The topological polar surface area (TPSA) is 51.0 Å². The van der Waals surface area contributed by atoms with Crippen LogP contribution in [0.2, 0.25) is 0 Å². The second kappa shape index (κ2) is 4.09. The van der Waals surface area contributed by atoms with E-state index in [1.165, 1.54) is 0 Å². The van der Waals surface area contributed by atoms with E-state index in [2.05, 4.69) is 34.0 Å². The van der Waals surface area contributed by atoms with Crippen molar-refractivity contribution in [1.82, 2.24) is 15.2 Å². The molecule has 15 heavy (non-hydrogen) atoms. The highest BCUT2D eigenvalue weighted by Crippen LogP contribution is 2.18. The first kappa shape index (κ1) is 10.3. The van der Waals surface area contributed by atoms with Crippen LogP contribution < -0.4 is 5.59 Å². The second-order valence-corrected chi connectivity index (χ2v) is 3.97. The molecule has 0 saturated heterocycles. The Balaban J connectivity index is 2.25. The molecule has 1 aromatic heterocycles. The van der Waals surface area contributed by atoms with Crippen molar-refractivity contribution >= 4 is 24.3 Å². The third-order valence-electron chi connectivity index (χ3n) is 2.50. The normalized spacial score (nSPS) is 15.5. The molecule has 1 aliphatic heterocycles. The smallest absolute Gasteiger partial charge is 0.244 e. The quantitative estimate of drug-likeness (QED) is 0.689. The number of fused-ring (bicyclic) bond motifs is 1. The molecular weight excluding hydrogens is 187 g/mol. The highest BCUT2D eigenvalue weighted by atomic mass is 15.2. The Kier molecular flexibility index (Phi) is 2.80. The van der Waals surface area contributed by atoms with E-state index >= 15 is 0 Å². The molecular formula is C10H14BN4. The van der Waals surface area contributed by atoms with Gasteiger partial charge in [-0.3, -0.25) is 0 Å². The fourth-order valence-electron chi connectivity index (χ4n) is 1.68. The SMILES string of the molecule is CCCC(C)c1nnc2c(n1)N=C(C)[B]2. The molecule has 1 aliphatic rings. The Morgan fingerprint density at radius 3 is 2.87 bits per heavy atom. The number of aromatic nitrogens is 3. The van der Waals surface area contributed by atoms with Gasteiger partial charge in [0, 0.05) is 5.92 Å². The number of aliphatic imine (C=N–C) groups is 1. The average molecular weight is 201 g/mol. The van der Waals surface area contributed by atoms with Crippen LogP contribution in [0.25, 0.3) is 0 Å². The lowest BCUT2D eigenvalue weighted by atomic mass is 9.72. The number of nitrogens with zero attached hydrogens (tertiary/aromatic N) is 4. The van der Waals surface area contributed by atoms with Gasteiger partial charge in [-0.25, -0.2) is 9.98 Å². The molecule has 4 nitrogen and oxygen atoms in total. The van der Waals surface area contributed by atoms with Gasteiger partial charge in [0.25, 0.3) is 0 Å². The van der Waals surface area contributed by atoms with E-state index in [4.69, 9.17) is 0 Å². The zero-order chi connectivity index (χ0) is 10.8. The van der Waals surface area contributed by atoms with Crippen LogP contribution in [0.1, 0.15) is 45.4 Å². The number of rotatable bonds is 3. The average Bonchev–Trinajstić information content (AvgIpc) is 2.57. The van der Waals surface area contributed by atoms with Gasteiger partial charge < -0.3 is 0 Å². The second-order valence-electron chi connectivity index (χ2n) is 3.97. The van der Waals surface area contributed by atoms with Gasteiger partial charge in [0.05, 0.1) is 5.59 Å². The van der Waals surface area contributed by atoms with Gasteiger partial charge >= 0.3 is 0 Å². The molecule has 0 spiro atoms. The van der Waals surface area contributed by atoms with Crippen LogP contribution in [-0.4, -0.2) is 28.1 Å². The highest BCUT2D eigenvalue weighted by molar-refractivity contribution is 6.87. The zero-order valence-electron chi connectivity index (χ0n) is 9.36. The van der Waals surface area contributed by atoms with Gasteiger partial charge in [-0.1, -0.05) is 20.3 Å². The molecule has 0 N–H and O–H groups in total. The highest BCUT2D eigenvalue weighted by Gasteiger charge is 2.19. The molecule has 0 bridgehead atoms. The summed E-state index contributed by atoms with van der Waals surface area (Å²) < 4.78 is 0. The molecule has 0 amide bonds. The summed E-state index contributed by atoms with van der Waals surface area (Å²) in [5.74, 6) is 1.90. The van der Waals surface area contributed by atoms with E-state index < -0.39 is 0 Å². The maximum atomic E-state index is 4.43. The van der Waals surface area contributed by atoms with Gasteiger partial charge in [-0.15, -0.1) is 5.10 Å². The molecule has 1 unspecified atom stereocenters. The minimum atomic E-state index is 0.365. The lowest BCUT2D eigenvalue weighted by Gasteiger charge is -2.07. The lowest BCUT2D eigenvalue weighted by Crippen LogP contribution is -2.22. The predicted molar refractivity (Wildman–Crippen MR) is 61.3 cm³/mol. The van der Waals surface area contributed by atoms with Crippen LogP contribution in [0.15, 0.2) is 4.99 Å². The standard InChI is InChI=1S/C10H14BN4/c1-4-5-6(2)9-13-10-8(14-15-9)11-7(3)12-10/h6H,4-5H2,1-3H3. The summed E-state index contributed by atoms with van der Waals surface area (Å²) in [4.78, 5) is 8.73. The summed E-state index contributed by atoms with van der Waals surface area (Å²) >= 11 is 0. The molecule has 1 atom stereocenters. The first-order chi connectivity index (χ1) is 7.20. The fourth-order valence-corrected chi connectivity index (χ4v) is 1.68. The summed E-state index contributed by atoms with van der Waals surface area (Å²) in [5, 5.41) is 8.27. The van der Waals surface area contributed by atoms with Crippen LogP contribution in [0.3, 0.4) is 0 Å². The molecule has 0 saturated carbocycles. The van der Waals surface area contributed by atoms with E-state index in [1.54, 1.807) is 0 Å². The molecule has 1 aromatic rings. The van der Waals surface area contributed by atoms with Gasteiger partial charge in [0.2, 0.25) is 7.28 Å². The number of hydrogen-bond acceptors (Lipinski definition) is 4. The van der Waals surface area contributed by atoms with Gasteiger partial charge in [-0.2, -0.15) is 5.10 Å². The van der Waals surface area contributed by atoms with Crippen molar-refractivity contribution < 1.29 is 0 Å². The van der Waals surface area contributed by atoms with Crippen molar-refractivity contribution in [2.45, 2.75) is 39.5 Å². The van der Waals surface area contributed by atoms with Crippen LogP contribution in [0.5, 0.6) is 0 Å². The minimum Gasteiger partial charge on any atom is -0.248 e. The third-order valence-corrected chi connectivity index (χ3v) is 2.50. The first-order valence-electron chi connectivity index (χ1n) is 5.35. The van der Waals surface area contributed by atoms with Gasteiger partial charge in [0.1, 0.15) is 0 Å². The molecule has 0 aliphatic carbocycles. The summed E-state index contributed by atoms with van der Waals surface area (Å²) in [7, 11) is 1.91. The summed E-state index contributed by atoms with van der Waals surface area (Å²) in [6.45, 7) is 6.23. The van der Waals surface area contributed by atoms with Crippen molar-refractivity contribution in [3.63, 3.8) is 0 Å². The van der Waals surface area contributed by atoms with Crippen LogP contribution >= 0.6 is 0 Å². The largest absolute Gasteiger partial charge is 0.248 e. The van der Waals surface area contributed by atoms with Crippen molar-refractivity contribution in [3.8, 4) is 0 Å². The van der Waals surface area contributed by atoms with Crippen LogP contribution in [-0.2, 0) is 0 Å². The zero-order valence-corrected chi connectivity index (χ0v) is 9.36. The molecule has 5 heteroatoms. The molecule has 1 radical (unpaired) electrons. The van der Waals surface area contributed by atoms with Crippen molar-refractivity contribution in [1.29, 1.82) is 0 Å². The molecule has 77 valence electrons. The molecule has 0 aromatic carbocycles. The molecule has 2 rings (SSSR count). The monoisotopic (exact) mass is 201 g/mol. The Morgan fingerprint density at radius 2 is 2.13 bits per heavy atom. The third kappa shape index (κ3) is 2.06. The summed E-state index contributed by atoms with van der Waals surface area (Å²) in [5.41, 5.74) is 1.74. The number of hydrogen-bond donors (Lipinski definition) is 0. The van der Waals surface area contributed by atoms with E-state index in [0.29, 0.717) is 5.92 Å². The molecule has 2 heterocycles. The van der Waals surface area contributed by atoms with E-state index in [9.17, 15) is 0 Å². The predicted octanol–water partition coefficient (Wildman–Crippen LogP) is 1.17.